The number of hydrogen-bond acceptors (Lipinski definition) is 11. The number of furan rings is 2. The molecule has 6 rings (SSSR count). The SMILES string of the molecule is Nc1nc(-c2ccco2)c(-c2ncccc2C(=O)c2cccnc2-c2sc(N)nc2-c2ccco2)s1. The molecule has 0 spiro atoms. The lowest BCUT2D eigenvalue weighted by atomic mass is 9.98. The molecule has 0 aliphatic rings. The lowest BCUT2D eigenvalue weighted by Gasteiger charge is -2.10. The van der Waals surface area contributed by atoms with Gasteiger partial charge in [-0.25, -0.2) is 9.97 Å². The molecule has 0 bridgehead atoms. The summed E-state index contributed by atoms with van der Waals surface area (Å²) in [5, 5.41) is 0.677. The summed E-state index contributed by atoms with van der Waals surface area (Å²) in [6, 6.07) is 14.0. The lowest BCUT2D eigenvalue weighted by molar-refractivity contribution is 0.103. The first-order chi connectivity index (χ1) is 17.6. The van der Waals surface area contributed by atoms with Crippen LogP contribution in [0.15, 0.2) is 82.3 Å². The molecule has 0 aliphatic heterocycles. The Balaban J connectivity index is 1.50. The predicted molar refractivity (Wildman–Crippen MR) is 138 cm³/mol. The van der Waals surface area contributed by atoms with Crippen molar-refractivity contribution >= 4 is 38.7 Å². The van der Waals surface area contributed by atoms with Crippen molar-refractivity contribution < 1.29 is 13.6 Å². The van der Waals surface area contributed by atoms with Crippen molar-refractivity contribution in [2.75, 3.05) is 11.5 Å². The Kier molecular flexibility index (Phi) is 5.40. The van der Waals surface area contributed by atoms with Gasteiger partial charge in [-0.05, 0) is 48.5 Å². The van der Waals surface area contributed by atoms with Crippen molar-refractivity contribution in [1.29, 1.82) is 0 Å². The topological polar surface area (TPSA) is 147 Å². The zero-order chi connectivity index (χ0) is 24.6. The molecule has 0 radical (unpaired) electrons. The van der Waals surface area contributed by atoms with Crippen LogP contribution >= 0.6 is 22.7 Å². The standard InChI is InChI=1S/C25H16N6O3S2/c26-24-30-19(15-7-3-11-33-15)22(35-24)17-13(5-1-9-28-17)21(32)14-6-2-10-29-18(14)23-20(31-25(27)36-23)16-8-4-12-34-16/h1-12H,(H2,26,30)(H2,27,31). The summed E-state index contributed by atoms with van der Waals surface area (Å²) in [7, 11) is 0. The molecule has 0 fully saturated rings. The molecule has 36 heavy (non-hydrogen) atoms. The number of nitrogens with zero attached hydrogens (tertiary/aromatic N) is 4. The number of hydrogen-bond donors (Lipinski definition) is 2. The molecule has 6 aromatic heterocycles. The largest absolute Gasteiger partial charge is 0.463 e. The molecule has 4 N–H and O–H groups in total. The van der Waals surface area contributed by atoms with Crippen molar-refractivity contribution in [2.24, 2.45) is 0 Å². The molecule has 0 saturated carbocycles. The Bertz CT molecular complexity index is 1560. The van der Waals surface area contributed by atoms with Crippen LogP contribution in [0.2, 0.25) is 0 Å². The van der Waals surface area contributed by atoms with E-state index in [2.05, 4.69) is 19.9 Å². The first kappa shape index (κ1) is 21.9. The molecule has 0 saturated heterocycles. The van der Waals surface area contributed by atoms with E-state index in [1.807, 2.05) is 0 Å². The molecule has 0 aromatic carbocycles. The molecular weight excluding hydrogens is 496 g/mol. The number of thiazole rings is 2. The number of nitrogens with two attached hydrogens (primary N) is 2. The van der Waals surface area contributed by atoms with Crippen molar-refractivity contribution in [2.45, 2.75) is 0 Å². The molecule has 6 aromatic rings. The van der Waals surface area contributed by atoms with E-state index in [9.17, 15) is 4.79 Å². The van der Waals surface area contributed by atoms with E-state index in [1.165, 1.54) is 22.7 Å². The van der Waals surface area contributed by atoms with Gasteiger partial charge in [-0.2, -0.15) is 0 Å². The Labute approximate surface area is 212 Å². The highest BCUT2D eigenvalue weighted by atomic mass is 32.1. The number of aromatic nitrogens is 4. The zero-order valence-electron chi connectivity index (χ0n) is 18.4. The van der Waals surface area contributed by atoms with Crippen LogP contribution < -0.4 is 11.5 Å². The summed E-state index contributed by atoms with van der Waals surface area (Å²) in [6.07, 6.45) is 6.35. The molecule has 0 unspecified atom stereocenters. The Morgan fingerprint density at radius 2 is 1.14 bits per heavy atom. The highest BCUT2D eigenvalue weighted by molar-refractivity contribution is 7.19. The van der Waals surface area contributed by atoms with Crippen molar-refractivity contribution in [1.82, 2.24) is 19.9 Å². The van der Waals surface area contributed by atoms with E-state index in [0.29, 0.717) is 65.4 Å². The number of nitrogen functional groups attached to an aromatic ring is 2. The number of ketones is 1. The molecule has 6 heterocycles. The average molecular weight is 513 g/mol. The highest BCUT2D eigenvalue weighted by Gasteiger charge is 2.27. The molecule has 0 aliphatic carbocycles. The number of carbonyl (C=O) groups excluding carboxylic acids is 1. The van der Waals surface area contributed by atoms with Gasteiger partial charge in [-0.3, -0.25) is 14.8 Å². The zero-order valence-corrected chi connectivity index (χ0v) is 20.0. The molecular formula is C25H16N6O3S2. The predicted octanol–water partition coefficient (Wildman–Crippen LogP) is 5.64. The molecule has 0 atom stereocenters. The Morgan fingerprint density at radius 1 is 0.667 bits per heavy atom. The number of carbonyl (C=O) groups is 1. The van der Waals surface area contributed by atoms with Crippen LogP contribution in [0.5, 0.6) is 0 Å². The third kappa shape index (κ3) is 3.76. The van der Waals surface area contributed by atoms with Gasteiger partial charge in [0.2, 0.25) is 0 Å². The van der Waals surface area contributed by atoms with Crippen LogP contribution in [0.1, 0.15) is 15.9 Å². The van der Waals surface area contributed by atoms with E-state index in [4.69, 9.17) is 20.3 Å². The third-order valence-corrected chi connectivity index (χ3v) is 7.11. The van der Waals surface area contributed by atoms with Crippen molar-refractivity contribution in [3.8, 4) is 44.1 Å². The third-order valence-electron chi connectivity index (χ3n) is 5.33. The van der Waals surface area contributed by atoms with E-state index in [1.54, 1.807) is 73.5 Å². The summed E-state index contributed by atoms with van der Waals surface area (Å²) in [5.74, 6) is 0.801. The van der Waals surface area contributed by atoms with Crippen LogP contribution in [-0.4, -0.2) is 25.7 Å². The summed E-state index contributed by atoms with van der Waals surface area (Å²) < 4.78 is 11.1. The second-order valence-electron chi connectivity index (χ2n) is 7.54. The smallest absolute Gasteiger partial charge is 0.197 e. The van der Waals surface area contributed by atoms with Crippen molar-refractivity contribution in [3.05, 3.63) is 84.6 Å². The fraction of sp³-hybridized carbons (Fsp3) is 0. The second kappa shape index (κ2) is 8.87. The van der Waals surface area contributed by atoms with Gasteiger partial charge in [0.05, 0.1) is 33.7 Å². The summed E-state index contributed by atoms with van der Waals surface area (Å²) in [4.78, 5) is 33.2. The fourth-order valence-electron chi connectivity index (χ4n) is 3.84. The number of rotatable bonds is 6. The maximum absolute atomic E-state index is 14.0. The van der Waals surface area contributed by atoms with Gasteiger partial charge in [0.1, 0.15) is 11.4 Å². The number of pyridine rings is 2. The maximum atomic E-state index is 14.0. The highest BCUT2D eigenvalue weighted by Crippen LogP contribution is 2.41. The van der Waals surface area contributed by atoms with Gasteiger partial charge < -0.3 is 20.3 Å². The van der Waals surface area contributed by atoms with E-state index >= 15 is 0 Å². The van der Waals surface area contributed by atoms with Crippen molar-refractivity contribution in [3.63, 3.8) is 0 Å². The van der Waals surface area contributed by atoms with E-state index in [0.717, 1.165) is 0 Å². The van der Waals surface area contributed by atoms with Gasteiger partial charge >= 0.3 is 0 Å². The van der Waals surface area contributed by atoms with E-state index in [-0.39, 0.29) is 5.78 Å². The average Bonchev–Trinajstić information content (AvgIpc) is 3.70. The first-order valence-electron chi connectivity index (χ1n) is 10.7. The van der Waals surface area contributed by atoms with Crippen LogP contribution in [-0.2, 0) is 0 Å². The van der Waals surface area contributed by atoms with Crippen LogP contribution in [0.25, 0.3) is 44.1 Å². The van der Waals surface area contributed by atoms with E-state index < -0.39 is 0 Å². The summed E-state index contributed by atoms with van der Waals surface area (Å²) >= 11 is 2.47. The minimum absolute atomic E-state index is 0.268. The first-order valence-corrected chi connectivity index (χ1v) is 12.3. The lowest BCUT2D eigenvalue weighted by Crippen LogP contribution is -2.07. The van der Waals surface area contributed by atoms with Gasteiger partial charge in [-0.1, -0.05) is 22.7 Å². The Hall–Kier alpha value is -4.61. The van der Waals surface area contributed by atoms with Gasteiger partial charge in [0.15, 0.2) is 27.6 Å². The van der Waals surface area contributed by atoms with Gasteiger partial charge in [-0.15, -0.1) is 0 Å². The van der Waals surface area contributed by atoms with Crippen LogP contribution in [0.4, 0.5) is 10.3 Å². The molecule has 0 amide bonds. The van der Waals surface area contributed by atoms with Gasteiger partial charge in [0, 0.05) is 23.5 Å². The minimum atomic E-state index is -0.268. The monoisotopic (exact) mass is 512 g/mol. The quantitative estimate of drug-likeness (QED) is 0.271. The second-order valence-corrected chi connectivity index (χ2v) is 9.60. The maximum Gasteiger partial charge on any atom is 0.197 e. The molecule has 9 nitrogen and oxygen atoms in total. The summed E-state index contributed by atoms with van der Waals surface area (Å²) in [6.45, 7) is 0. The summed E-state index contributed by atoms with van der Waals surface area (Å²) in [5.41, 5.74) is 14.8. The van der Waals surface area contributed by atoms with Crippen LogP contribution in [0, 0.1) is 0 Å². The van der Waals surface area contributed by atoms with Crippen LogP contribution in [0.3, 0.4) is 0 Å². The molecule has 176 valence electrons. The number of anilines is 2. The Morgan fingerprint density at radius 3 is 1.56 bits per heavy atom. The normalized spacial score (nSPS) is 11.1. The van der Waals surface area contributed by atoms with Gasteiger partial charge in [0.25, 0.3) is 0 Å². The minimum Gasteiger partial charge on any atom is -0.463 e. The molecule has 11 heteroatoms. The fourth-order valence-corrected chi connectivity index (χ4v) is 5.54.